The van der Waals surface area contributed by atoms with Crippen LogP contribution in [0.25, 0.3) is 22.4 Å². The molecule has 27 heavy (non-hydrogen) atoms. The van der Waals surface area contributed by atoms with Crippen LogP contribution in [-0.2, 0) is 11.3 Å². The number of fused-ring (bicyclic) bond motifs is 1. The average Bonchev–Trinajstić information content (AvgIpc) is 3.23. The number of nitrogen functional groups attached to an aromatic ring is 1. The van der Waals surface area contributed by atoms with Crippen molar-refractivity contribution in [2.24, 2.45) is 0 Å². The zero-order valence-corrected chi connectivity index (χ0v) is 14.5. The molecule has 0 aliphatic rings. The minimum absolute atomic E-state index is 0.0480. The molecule has 11 heteroatoms. The summed E-state index contributed by atoms with van der Waals surface area (Å²) in [6.45, 7) is -0.105. The van der Waals surface area contributed by atoms with Crippen molar-refractivity contribution in [2.45, 2.75) is 6.54 Å². The maximum atomic E-state index is 12.3. The Kier molecular flexibility index (Phi) is 4.09. The van der Waals surface area contributed by atoms with E-state index in [4.69, 9.17) is 17.3 Å². The third kappa shape index (κ3) is 3.37. The molecule has 4 aromatic rings. The molecule has 0 aliphatic carbocycles. The number of nitrogens with one attached hydrogen (secondary N) is 3. The highest BCUT2D eigenvalue weighted by Crippen LogP contribution is 2.22. The molecule has 0 aliphatic heterocycles. The summed E-state index contributed by atoms with van der Waals surface area (Å²) >= 11 is 5.98. The summed E-state index contributed by atoms with van der Waals surface area (Å²) in [6, 6.07) is 8.94. The number of benzene rings is 1. The van der Waals surface area contributed by atoms with Crippen LogP contribution in [0.5, 0.6) is 0 Å². The van der Waals surface area contributed by atoms with Gasteiger partial charge in [0.2, 0.25) is 11.9 Å². The smallest absolute Gasteiger partial charge is 0.280 e. The van der Waals surface area contributed by atoms with Gasteiger partial charge in [-0.25, -0.2) is 4.98 Å². The number of aromatic amines is 2. The molecule has 0 saturated heterocycles. The molecule has 136 valence electrons. The first-order valence-electron chi connectivity index (χ1n) is 7.81. The van der Waals surface area contributed by atoms with E-state index in [9.17, 15) is 9.59 Å². The third-order valence-electron chi connectivity index (χ3n) is 3.79. The van der Waals surface area contributed by atoms with E-state index in [0.717, 1.165) is 5.56 Å². The number of carbonyl (C=O) groups is 1. The van der Waals surface area contributed by atoms with Crippen molar-refractivity contribution < 1.29 is 4.79 Å². The van der Waals surface area contributed by atoms with Gasteiger partial charge in [-0.3, -0.25) is 19.7 Å². The molecule has 1 aromatic carbocycles. The number of nitrogens with two attached hydrogens (primary N) is 1. The van der Waals surface area contributed by atoms with Crippen molar-refractivity contribution >= 4 is 40.4 Å². The summed E-state index contributed by atoms with van der Waals surface area (Å²) in [7, 11) is 0. The predicted octanol–water partition coefficient (Wildman–Crippen LogP) is 1.38. The Hall–Kier alpha value is -3.66. The lowest BCUT2D eigenvalue weighted by Crippen LogP contribution is -2.19. The maximum absolute atomic E-state index is 12.3. The summed E-state index contributed by atoms with van der Waals surface area (Å²) in [4.78, 5) is 34.4. The van der Waals surface area contributed by atoms with Gasteiger partial charge in [-0.05, 0) is 12.1 Å². The quantitative estimate of drug-likeness (QED) is 0.418. The normalized spacial score (nSPS) is 11.0. The number of aromatic nitrogens is 6. The second-order valence-electron chi connectivity index (χ2n) is 5.72. The fourth-order valence-electron chi connectivity index (χ4n) is 2.61. The van der Waals surface area contributed by atoms with E-state index in [2.05, 4.69) is 30.5 Å². The molecule has 4 rings (SSSR count). The van der Waals surface area contributed by atoms with Crippen LogP contribution >= 0.6 is 11.6 Å². The molecular weight excluding hydrogens is 372 g/mol. The number of halogens is 1. The molecule has 10 nitrogen and oxygen atoms in total. The van der Waals surface area contributed by atoms with Gasteiger partial charge in [-0.2, -0.15) is 10.1 Å². The van der Waals surface area contributed by atoms with Crippen LogP contribution in [-0.4, -0.2) is 35.6 Å². The van der Waals surface area contributed by atoms with Gasteiger partial charge in [-0.1, -0.05) is 23.7 Å². The fraction of sp³-hybridized carbons (Fsp3) is 0.0625. The van der Waals surface area contributed by atoms with Gasteiger partial charge in [0.15, 0.2) is 17.0 Å². The van der Waals surface area contributed by atoms with E-state index in [1.54, 1.807) is 18.2 Å². The van der Waals surface area contributed by atoms with Gasteiger partial charge in [0, 0.05) is 16.7 Å². The van der Waals surface area contributed by atoms with Crippen molar-refractivity contribution in [2.75, 3.05) is 11.1 Å². The Morgan fingerprint density at radius 3 is 3.00 bits per heavy atom. The van der Waals surface area contributed by atoms with Gasteiger partial charge >= 0.3 is 0 Å². The highest BCUT2D eigenvalue weighted by atomic mass is 35.5. The van der Waals surface area contributed by atoms with E-state index >= 15 is 0 Å². The van der Waals surface area contributed by atoms with E-state index in [-0.39, 0.29) is 29.6 Å². The average molecular weight is 385 g/mol. The first kappa shape index (κ1) is 16.8. The summed E-state index contributed by atoms with van der Waals surface area (Å²) in [6.07, 6.45) is 1.36. The van der Waals surface area contributed by atoms with E-state index in [1.807, 2.05) is 12.1 Å². The van der Waals surface area contributed by atoms with Crippen LogP contribution in [0.2, 0.25) is 5.02 Å². The summed E-state index contributed by atoms with van der Waals surface area (Å²) in [5.74, 6) is -0.0584. The van der Waals surface area contributed by atoms with E-state index in [0.29, 0.717) is 16.5 Å². The van der Waals surface area contributed by atoms with Crippen molar-refractivity contribution in [3.8, 4) is 11.3 Å². The molecule has 5 N–H and O–H groups in total. The van der Waals surface area contributed by atoms with Crippen molar-refractivity contribution in [3.63, 3.8) is 0 Å². The molecule has 3 heterocycles. The molecule has 0 radical (unpaired) electrons. The van der Waals surface area contributed by atoms with Gasteiger partial charge in [0.25, 0.3) is 5.56 Å². The Morgan fingerprint density at radius 1 is 1.33 bits per heavy atom. The number of anilines is 2. The van der Waals surface area contributed by atoms with Crippen molar-refractivity contribution in [1.82, 2.24) is 29.7 Å². The molecule has 0 saturated carbocycles. The molecule has 3 aromatic heterocycles. The first-order valence-corrected chi connectivity index (χ1v) is 8.19. The summed E-state index contributed by atoms with van der Waals surface area (Å²) in [5, 5.41) is 10.2. The number of carbonyl (C=O) groups excluding carboxylic acids is 1. The van der Waals surface area contributed by atoms with Crippen molar-refractivity contribution in [1.29, 1.82) is 0 Å². The van der Waals surface area contributed by atoms with Crippen LogP contribution in [0.1, 0.15) is 0 Å². The SMILES string of the molecule is Nc1nc2c(ncn2CC(=O)Nc2cc(-c3cccc(Cl)c3)[nH]n2)c(=O)[nH]1. The van der Waals surface area contributed by atoms with Gasteiger partial charge in [0.05, 0.1) is 12.0 Å². The predicted molar refractivity (Wildman–Crippen MR) is 100 cm³/mol. The second kappa shape index (κ2) is 6.57. The van der Waals surface area contributed by atoms with Crippen LogP contribution < -0.4 is 16.6 Å². The summed E-state index contributed by atoms with van der Waals surface area (Å²) < 4.78 is 1.43. The zero-order chi connectivity index (χ0) is 19.0. The third-order valence-corrected chi connectivity index (χ3v) is 4.02. The number of imidazole rings is 1. The number of H-pyrrole nitrogens is 2. The first-order chi connectivity index (χ1) is 13.0. The lowest BCUT2D eigenvalue weighted by molar-refractivity contribution is -0.116. The molecular formula is C16H13ClN8O2. The lowest BCUT2D eigenvalue weighted by atomic mass is 10.1. The minimum Gasteiger partial charge on any atom is -0.369 e. The highest BCUT2D eigenvalue weighted by Gasteiger charge is 2.13. The summed E-state index contributed by atoms with van der Waals surface area (Å²) in [5.41, 5.74) is 6.97. The minimum atomic E-state index is -0.463. The molecule has 0 fully saturated rings. The molecule has 0 spiro atoms. The van der Waals surface area contributed by atoms with Crippen LogP contribution in [0.4, 0.5) is 11.8 Å². The number of hydrogen-bond donors (Lipinski definition) is 4. The number of amides is 1. The Labute approximate surface area is 156 Å². The number of nitrogens with zero attached hydrogens (tertiary/aromatic N) is 4. The molecule has 0 unspecified atom stereocenters. The number of hydrogen-bond acceptors (Lipinski definition) is 6. The fourth-order valence-corrected chi connectivity index (χ4v) is 2.80. The molecule has 0 bridgehead atoms. The second-order valence-corrected chi connectivity index (χ2v) is 6.16. The largest absolute Gasteiger partial charge is 0.369 e. The van der Waals surface area contributed by atoms with Gasteiger partial charge < -0.3 is 15.6 Å². The van der Waals surface area contributed by atoms with Gasteiger partial charge in [0.1, 0.15) is 6.54 Å². The Morgan fingerprint density at radius 2 is 2.19 bits per heavy atom. The van der Waals surface area contributed by atoms with Crippen LogP contribution in [0.15, 0.2) is 41.5 Å². The lowest BCUT2D eigenvalue weighted by Gasteiger charge is -2.04. The van der Waals surface area contributed by atoms with Crippen LogP contribution in [0.3, 0.4) is 0 Å². The van der Waals surface area contributed by atoms with Crippen LogP contribution in [0, 0.1) is 0 Å². The molecule has 0 atom stereocenters. The maximum Gasteiger partial charge on any atom is 0.280 e. The Balaban J connectivity index is 1.51. The highest BCUT2D eigenvalue weighted by molar-refractivity contribution is 6.30. The van der Waals surface area contributed by atoms with E-state index < -0.39 is 5.56 Å². The topological polar surface area (TPSA) is 147 Å². The van der Waals surface area contributed by atoms with E-state index in [1.165, 1.54) is 10.9 Å². The monoisotopic (exact) mass is 384 g/mol. The van der Waals surface area contributed by atoms with Crippen molar-refractivity contribution in [3.05, 3.63) is 52.0 Å². The Bertz CT molecular complexity index is 1210. The number of rotatable bonds is 4. The zero-order valence-electron chi connectivity index (χ0n) is 13.7. The molecule has 1 amide bonds. The van der Waals surface area contributed by atoms with Gasteiger partial charge in [-0.15, -0.1) is 0 Å². The standard InChI is InChI=1S/C16H13ClN8O2/c17-9-3-1-2-8(4-9)10-5-11(24-23-10)20-12(26)6-25-7-19-13-14(25)21-16(18)22-15(13)27/h1-5,7H,6H2,(H3,18,21,22,27)(H2,20,23,24,26).